The molecule has 0 saturated carbocycles. The molecular weight excluding hydrogens is 198 g/mol. The molecular formula is C10H15NO2S. The Hall–Kier alpha value is -0.450. The number of hydrogen-bond donors (Lipinski definition) is 1. The molecule has 1 aromatic rings. The highest BCUT2D eigenvalue weighted by Crippen LogP contribution is 2.21. The molecule has 0 bridgehead atoms. The molecule has 1 N–H and O–H groups in total. The lowest BCUT2D eigenvalue weighted by Crippen LogP contribution is -2.28. The Labute approximate surface area is 87.7 Å². The molecule has 1 aliphatic rings. The predicted molar refractivity (Wildman–Crippen MR) is 55.4 cm³/mol. The van der Waals surface area contributed by atoms with Crippen LogP contribution in [0.1, 0.15) is 17.8 Å². The third-order valence-corrected chi connectivity index (χ3v) is 3.48. The fourth-order valence-electron chi connectivity index (χ4n) is 1.80. The zero-order valence-corrected chi connectivity index (χ0v) is 8.87. The summed E-state index contributed by atoms with van der Waals surface area (Å²) in [7, 11) is 0. The van der Waals surface area contributed by atoms with Crippen LogP contribution in [0.3, 0.4) is 0 Å². The number of nitrogens with zero attached hydrogens (tertiary/aromatic N) is 1. The van der Waals surface area contributed by atoms with Gasteiger partial charge in [0.1, 0.15) is 0 Å². The molecule has 1 unspecified atom stereocenters. The Morgan fingerprint density at radius 3 is 3.00 bits per heavy atom. The number of rotatable bonds is 3. The molecule has 2 rings (SSSR count). The normalized spacial score (nSPS) is 20.9. The number of aromatic nitrogens is 1. The lowest BCUT2D eigenvalue weighted by molar-refractivity contribution is 0.00838. The first kappa shape index (κ1) is 10.1. The van der Waals surface area contributed by atoms with Gasteiger partial charge in [-0.15, -0.1) is 11.3 Å². The van der Waals surface area contributed by atoms with Crippen LogP contribution in [0.25, 0.3) is 0 Å². The van der Waals surface area contributed by atoms with Crippen molar-refractivity contribution in [3.05, 3.63) is 16.6 Å². The Morgan fingerprint density at radius 1 is 1.57 bits per heavy atom. The van der Waals surface area contributed by atoms with Gasteiger partial charge in [-0.1, -0.05) is 0 Å². The highest BCUT2D eigenvalue weighted by atomic mass is 32.1. The molecule has 78 valence electrons. The monoisotopic (exact) mass is 213 g/mol. The van der Waals surface area contributed by atoms with Crippen molar-refractivity contribution >= 4 is 11.3 Å². The van der Waals surface area contributed by atoms with Gasteiger partial charge in [-0.05, 0) is 18.8 Å². The van der Waals surface area contributed by atoms with Crippen LogP contribution in [-0.4, -0.2) is 29.4 Å². The number of thiazole rings is 1. The first-order valence-corrected chi connectivity index (χ1v) is 5.88. The van der Waals surface area contributed by atoms with Gasteiger partial charge < -0.3 is 9.84 Å². The van der Waals surface area contributed by atoms with Crippen molar-refractivity contribution in [2.24, 2.45) is 5.92 Å². The van der Waals surface area contributed by atoms with Gasteiger partial charge in [-0.25, -0.2) is 4.98 Å². The molecule has 0 spiro atoms. The molecule has 1 fully saturated rings. The molecule has 2 heterocycles. The number of aliphatic hydroxyl groups is 1. The fourth-order valence-corrected chi connectivity index (χ4v) is 2.47. The van der Waals surface area contributed by atoms with Crippen molar-refractivity contribution in [3.63, 3.8) is 0 Å². The molecule has 0 radical (unpaired) electrons. The average Bonchev–Trinajstić information content (AvgIpc) is 2.72. The van der Waals surface area contributed by atoms with Crippen LogP contribution in [-0.2, 0) is 11.2 Å². The van der Waals surface area contributed by atoms with E-state index < -0.39 is 0 Å². The van der Waals surface area contributed by atoms with Gasteiger partial charge in [0, 0.05) is 31.2 Å². The van der Waals surface area contributed by atoms with E-state index in [9.17, 15) is 5.11 Å². The predicted octanol–water partition coefficient (Wildman–Crippen LogP) is 1.47. The topological polar surface area (TPSA) is 42.4 Å². The summed E-state index contributed by atoms with van der Waals surface area (Å²) in [5.41, 5.74) is 0. The molecule has 1 saturated heterocycles. The second-order valence-electron chi connectivity index (χ2n) is 3.65. The third-order valence-electron chi connectivity index (χ3n) is 2.68. The first-order chi connectivity index (χ1) is 6.86. The van der Waals surface area contributed by atoms with Crippen molar-refractivity contribution in [2.75, 3.05) is 13.2 Å². The molecule has 1 aliphatic heterocycles. The van der Waals surface area contributed by atoms with E-state index in [1.165, 1.54) is 0 Å². The molecule has 3 nitrogen and oxygen atoms in total. The highest BCUT2D eigenvalue weighted by Gasteiger charge is 2.22. The van der Waals surface area contributed by atoms with Crippen LogP contribution >= 0.6 is 11.3 Å². The smallest absolute Gasteiger partial charge is 0.0950 e. The fraction of sp³-hybridized carbons (Fsp3) is 0.700. The maximum atomic E-state index is 9.96. The Kier molecular flexibility index (Phi) is 3.50. The summed E-state index contributed by atoms with van der Waals surface area (Å²) in [6.07, 6.45) is 4.20. The second kappa shape index (κ2) is 4.87. The maximum absolute atomic E-state index is 9.96. The molecule has 4 heteroatoms. The standard InChI is InChI=1S/C10H15NO2S/c12-9(7-10-11-3-6-14-10)8-1-4-13-5-2-8/h3,6,8-9,12H,1-2,4-5,7H2. The summed E-state index contributed by atoms with van der Waals surface area (Å²) in [5.74, 6) is 0.396. The van der Waals surface area contributed by atoms with E-state index >= 15 is 0 Å². The van der Waals surface area contributed by atoms with Gasteiger partial charge in [-0.2, -0.15) is 0 Å². The molecule has 1 atom stereocenters. The largest absolute Gasteiger partial charge is 0.392 e. The third kappa shape index (κ3) is 2.53. The summed E-state index contributed by atoms with van der Waals surface area (Å²) in [4.78, 5) is 4.18. The van der Waals surface area contributed by atoms with E-state index in [1.54, 1.807) is 17.5 Å². The average molecular weight is 213 g/mol. The maximum Gasteiger partial charge on any atom is 0.0950 e. The summed E-state index contributed by atoms with van der Waals surface area (Å²) in [6.45, 7) is 1.58. The number of aliphatic hydroxyl groups excluding tert-OH is 1. The van der Waals surface area contributed by atoms with Crippen molar-refractivity contribution < 1.29 is 9.84 Å². The van der Waals surface area contributed by atoms with Crippen LogP contribution in [0.4, 0.5) is 0 Å². The summed E-state index contributed by atoms with van der Waals surface area (Å²) in [5, 5.41) is 12.9. The molecule has 14 heavy (non-hydrogen) atoms. The van der Waals surface area contributed by atoms with Gasteiger partial charge in [0.25, 0.3) is 0 Å². The minimum Gasteiger partial charge on any atom is -0.392 e. The Balaban J connectivity index is 1.85. The van der Waals surface area contributed by atoms with E-state index in [1.807, 2.05) is 5.38 Å². The minimum atomic E-state index is -0.245. The van der Waals surface area contributed by atoms with E-state index in [-0.39, 0.29) is 6.10 Å². The van der Waals surface area contributed by atoms with Crippen molar-refractivity contribution in [1.82, 2.24) is 4.98 Å². The first-order valence-electron chi connectivity index (χ1n) is 5.00. The Morgan fingerprint density at radius 2 is 2.36 bits per heavy atom. The lowest BCUT2D eigenvalue weighted by atomic mass is 9.92. The van der Waals surface area contributed by atoms with Crippen LogP contribution in [0.15, 0.2) is 11.6 Å². The van der Waals surface area contributed by atoms with Crippen LogP contribution in [0, 0.1) is 5.92 Å². The van der Waals surface area contributed by atoms with Crippen molar-refractivity contribution in [1.29, 1.82) is 0 Å². The van der Waals surface area contributed by atoms with E-state index in [0.717, 1.165) is 31.1 Å². The zero-order valence-electron chi connectivity index (χ0n) is 8.06. The molecule has 0 aliphatic carbocycles. The van der Waals surface area contributed by atoms with Gasteiger partial charge in [0.15, 0.2) is 0 Å². The summed E-state index contributed by atoms with van der Waals surface area (Å²) in [6, 6.07) is 0. The number of ether oxygens (including phenoxy) is 1. The van der Waals surface area contributed by atoms with Crippen LogP contribution < -0.4 is 0 Å². The van der Waals surface area contributed by atoms with Gasteiger partial charge in [0.2, 0.25) is 0 Å². The Bertz CT molecular complexity index is 257. The van der Waals surface area contributed by atoms with Crippen molar-refractivity contribution in [3.8, 4) is 0 Å². The second-order valence-corrected chi connectivity index (χ2v) is 4.63. The van der Waals surface area contributed by atoms with Gasteiger partial charge in [-0.3, -0.25) is 0 Å². The SMILES string of the molecule is OC(Cc1nccs1)C1CCOCC1. The van der Waals surface area contributed by atoms with E-state index in [2.05, 4.69) is 4.98 Å². The zero-order chi connectivity index (χ0) is 9.80. The van der Waals surface area contributed by atoms with E-state index in [4.69, 9.17) is 4.74 Å². The lowest BCUT2D eigenvalue weighted by Gasteiger charge is -2.26. The van der Waals surface area contributed by atoms with E-state index in [0.29, 0.717) is 12.3 Å². The van der Waals surface area contributed by atoms with Gasteiger partial charge in [0.05, 0.1) is 11.1 Å². The van der Waals surface area contributed by atoms with Gasteiger partial charge >= 0.3 is 0 Å². The van der Waals surface area contributed by atoms with Crippen LogP contribution in [0.5, 0.6) is 0 Å². The molecule has 1 aromatic heterocycles. The molecule has 0 amide bonds. The van der Waals surface area contributed by atoms with Crippen molar-refractivity contribution in [2.45, 2.75) is 25.4 Å². The molecule has 0 aromatic carbocycles. The minimum absolute atomic E-state index is 0.245. The quantitative estimate of drug-likeness (QED) is 0.827. The summed E-state index contributed by atoms with van der Waals surface area (Å²) >= 11 is 1.61. The number of hydrogen-bond acceptors (Lipinski definition) is 4. The highest BCUT2D eigenvalue weighted by molar-refractivity contribution is 7.09. The van der Waals surface area contributed by atoms with Crippen LogP contribution in [0.2, 0.25) is 0 Å². The summed E-state index contributed by atoms with van der Waals surface area (Å²) < 4.78 is 5.26.